The average Bonchev–Trinajstić information content (AvgIpc) is 2.56. The van der Waals surface area contributed by atoms with E-state index in [9.17, 15) is 0 Å². The second-order valence-corrected chi connectivity index (χ2v) is 3.86. The predicted octanol–water partition coefficient (Wildman–Crippen LogP) is 1.59. The Balaban J connectivity index is 2.55. The number of rotatable bonds is 3. The number of nitrogens with two attached hydrogens (primary N) is 1. The molecule has 0 fully saturated rings. The van der Waals surface area contributed by atoms with E-state index in [0.717, 1.165) is 11.9 Å². The van der Waals surface area contributed by atoms with Crippen molar-refractivity contribution < 1.29 is 4.84 Å². The molecule has 0 aliphatic rings. The normalized spacial score (nSPS) is 13.0. The lowest BCUT2D eigenvalue weighted by atomic mass is 10.1. The maximum Gasteiger partial charge on any atom is 0.104 e. The van der Waals surface area contributed by atoms with Gasteiger partial charge in [-0.3, -0.25) is 0 Å². The highest BCUT2D eigenvalue weighted by Crippen LogP contribution is 2.21. The molecule has 2 N–H and O–H groups in total. The topological polar surface area (TPSA) is 40.2 Å². The summed E-state index contributed by atoms with van der Waals surface area (Å²) in [4.78, 5) is 5.27. The zero-order chi connectivity index (χ0) is 10.8. The second-order valence-electron chi connectivity index (χ2n) is 3.86. The minimum atomic E-state index is 0.168. The minimum Gasteiger partial charge on any atom is -0.417 e. The molecular formula is C12H16N2O. The molecule has 1 aromatic heterocycles. The van der Waals surface area contributed by atoms with Gasteiger partial charge in [-0.1, -0.05) is 18.2 Å². The Morgan fingerprint density at radius 3 is 2.80 bits per heavy atom. The fourth-order valence-electron chi connectivity index (χ4n) is 1.88. The summed E-state index contributed by atoms with van der Waals surface area (Å²) in [6.45, 7) is 2.01. The third kappa shape index (κ3) is 1.83. The van der Waals surface area contributed by atoms with Gasteiger partial charge in [0.15, 0.2) is 0 Å². The molecule has 0 bridgehead atoms. The van der Waals surface area contributed by atoms with Crippen LogP contribution in [0.1, 0.15) is 12.5 Å². The first-order valence-corrected chi connectivity index (χ1v) is 5.11. The van der Waals surface area contributed by atoms with Crippen molar-refractivity contribution >= 4 is 10.9 Å². The van der Waals surface area contributed by atoms with E-state index in [1.807, 2.05) is 31.3 Å². The van der Waals surface area contributed by atoms with Gasteiger partial charge < -0.3 is 10.6 Å². The molecule has 1 unspecified atom stereocenters. The van der Waals surface area contributed by atoms with Gasteiger partial charge in [-0.15, -0.1) is 0 Å². The maximum absolute atomic E-state index is 5.82. The zero-order valence-electron chi connectivity index (χ0n) is 9.10. The Hall–Kier alpha value is -1.48. The van der Waals surface area contributed by atoms with E-state index in [1.54, 1.807) is 11.8 Å². The van der Waals surface area contributed by atoms with Crippen LogP contribution in [-0.4, -0.2) is 17.9 Å². The fraction of sp³-hybridized carbons (Fsp3) is 0.333. The first-order chi connectivity index (χ1) is 7.22. The molecule has 1 heterocycles. The molecule has 0 aliphatic carbocycles. The number of benzene rings is 1. The van der Waals surface area contributed by atoms with Gasteiger partial charge in [-0.2, -0.15) is 4.73 Å². The third-order valence-electron chi connectivity index (χ3n) is 2.50. The monoisotopic (exact) mass is 204 g/mol. The Labute approximate surface area is 89.4 Å². The SMILES string of the molecule is COn1cc(CC(C)N)c2ccccc21. The lowest BCUT2D eigenvalue weighted by Gasteiger charge is -2.02. The van der Waals surface area contributed by atoms with Crippen LogP contribution < -0.4 is 10.6 Å². The Morgan fingerprint density at radius 2 is 2.13 bits per heavy atom. The van der Waals surface area contributed by atoms with Crippen LogP contribution >= 0.6 is 0 Å². The van der Waals surface area contributed by atoms with Crippen molar-refractivity contribution in [3.8, 4) is 0 Å². The van der Waals surface area contributed by atoms with Crippen LogP contribution in [-0.2, 0) is 6.42 Å². The molecule has 15 heavy (non-hydrogen) atoms. The summed E-state index contributed by atoms with van der Waals surface area (Å²) >= 11 is 0. The number of para-hydroxylation sites is 1. The van der Waals surface area contributed by atoms with E-state index in [0.29, 0.717) is 0 Å². The highest BCUT2D eigenvalue weighted by Gasteiger charge is 2.09. The van der Waals surface area contributed by atoms with Crippen molar-refractivity contribution in [2.75, 3.05) is 7.11 Å². The van der Waals surface area contributed by atoms with Gasteiger partial charge in [0.05, 0.1) is 5.52 Å². The van der Waals surface area contributed by atoms with Crippen LogP contribution in [0.15, 0.2) is 30.5 Å². The van der Waals surface area contributed by atoms with Crippen LogP contribution in [0.25, 0.3) is 10.9 Å². The second kappa shape index (κ2) is 3.95. The van der Waals surface area contributed by atoms with Crippen molar-refractivity contribution in [3.05, 3.63) is 36.0 Å². The summed E-state index contributed by atoms with van der Waals surface area (Å²) in [5.74, 6) is 0. The summed E-state index contributed by atoms with van der Waals surface area (Å²) in [6.07, 6.45) is 2.88. The van der Waals surface area contributed by atoms with Crippen LogP contribution in [0, 0.1) is 0 Å². The van der Waals surface area contributed by atoms with E-state index >= 15 is 0 Å². The molecule has 0 radical (unpaired) electrons. The average molecular weight is 204 g/mol. The van der Waals surface area contributed by atoms with Gasteiger partial charge in [0, 0.05) is 17.6 Å². The van der Waals surface area contributed by atoms with E-state index in [-0.39, 0.29) is 6.04 Å². The number of hydrogen-bond donors (Lipinski definition) is 1. The maximum atomic E-state index is 5.82. The van der Waals surface area contributed by atoms with Crippen LogP contribution in [0.4, 0.5) is 0 Å². The molecule has 0 aliphatic heterocycles. The van der Waals surface area contributed by atoms with E-state index in [1.165, 1.54) is 10.9 Å². The largest absolute Gasteiger partial charge is 0.417 e. The fourth-order valence-corrected chi connectivity index (χ4v) is 1.88. The van der Waals surface area contributed by atoms with Gasteiger partial charge in [-0.05, 0) is 25.0 Å². The lowest BCUT2D eigenvalue weighted by Crippen LogP contribution is -2.17. The molecular weight excluding hydrogens is 188 g/mol. The first-order valence-electron chi connectivity index (χ1n) is 5.11. The Bertz CT molecular complexity index is 460. The van der Waals surface area contributed by atoms with Gasteiger partial charge in [-0.25, -0.2) is 0 Å². The van der Waals surface area contributed by atoms with E-state index in [4.69, 9.17) is 10.6 Å². The molecule has 0 saturated heterocycles. The quantitative estimate of drug-likeness (QED) is 0.824. The number of nitrogens with zero attached hydrogens (tertiary/aromatic N) is 1. The molecule has 2 aromatic rings. The standard InChI is InChI=1S/C12H16N2O/c1-9(13)7-10-8-14(15-2)12-6-4-3-5-11(10)12/h3-6,8-9H,7,13H2,1-2H3. The molecule has 1 atom stereocenters. The molecule has 0 saturated carbocycles. The van der Waals surface area contributed by atoms with Gasteiger partial charge in [0.1, 0.15) is 7.11 Å². The molecule has 3 heteroatoms. The minimum absolute atomic E-state index is 0.168. The van der Waals surface area contributed by atoms with Crippen molar-refractivity contribution in [3.63, 3.8) is 0 Å². The zero-order valence-corrected chi connectivity index (χ0v) is 9.10. The predicted molar refractivity (Wildman–Crippen MR) is 61.8 cm³/mol. The molecule has 3 nitrogen and oxygen atoms in total. The van der Waals surface area contributed by atoms with Crippen molar-refractivity contribution in [1.82, 2.24) is 4.73 Å². The molecule has 0 spiro atoms. The van der Waals surface area contributed by atoms with Crippen molar-refractivity contribution in [2.24, 2.45) is 5.73 Å². The summed E-state index contributed by atoms with van der Waals surface area (Å²) in [6, 6.07) is 8.35. The van der Waals surface area contributed by atoms with Crippen LogP contribution in [0.5, 0.6) is 0 Å². The van der Waals surface area contributed by atoms with E-state index < -0.39 is 0 Å². The van der Waals surface area contributed by atoms with E-state index in [2.05, 4.69) is 6.07 Å². The summed E-state index contributed by atoms with van der Waals surface area (Å²) < 4.78 is 1.78. The molecule has 2 rings (SSSR count). The number of hydrogen-bond acceptors (Lipinski definition) is 2. The Kier molecular flexibility index (Phi) is 2.64. The highest BCUT2D eigenvalue weighted by molar-refractivity contribution is 5.83. The van der Waals surface area contributed by atoms with Crippen LogP contribution in [0.3, 0.4) is 0 Å². The number of aromatic nitrogens is 1. The summed E-state index contributed by atoms with van der Waals surface area (Å²) in [7, 11) is 1.67. The number of fused-ring (bicyclic) bond motifs is 1. The van der Waals surface area contributed by atoms with Crippen molar-refractivity contribution in [1.29, 1.82) is 0 Å². The van der Waals surface area contributed by atoms with Gasteiger partial charge in [0.25, 0.3) is 0 Å². The smallest absolute Gasteiger partial charge is 0.104 e. The molecule has 1 aromatic carbocycles. The first kappa shape index (κ1) is 10.1. The van der Waals surface area contributed by atoms with Crippen LogP contribution in [0.2, 0.25) is 0 Å². The highest BCUT2D eigenvalue weighted by atomic mass is 16.6. The lowest BCUT2D eigenvalue weighted by molar-refractivity contribution is 0.179. The molecule has 0 amide bonds. The molecule has 80 valence electrons. The van der Waals surface area contributed by atoms with Gasteiger partial charge >= 0.3 is 0 Å². The summed E-state index contributed by atoms with van der Waals surface area (Å²) in [5, 5.41) is 1.22. The van der Waals surface area contributed by atoms with Crippen molar-refractivity contribution in [2.45, 2.75) is 19.4 Å². The Morgan fingerprint density at radius 1 is 1.40 bits per heavy atom. The summed E-state index contributed by atoms with van der Waals surface area (Å²) in [5.41, 5.74) is 8.15. The van der Waals surface area contributed by atoms with Gasteiger partial charge in [0.2, 0.25) is 0 Å². The third-order valence-corrected chi connectivity index (χ3v) is 2.50.